The lowest BCUT2D eigenvalue weighted by Gasteiger charge is -2.34. The van der Waals surface area contributed by atoms with Crippen LogP contribution in [0.25, 0.3) is 0 Å². The van der Waals surface area contributed by atoms with Crippen LogP contribution in [-0.4, -0.2) is 68.7 Å². The van der Waals surface area contributed by atoms with Crippen LogP contribution in [0.1, 0.15) is 11.1 Å². The minimum Gasteiger partial charge on any atom is -0.493 e. The number of amides is 3. The van der Waals surface area contributed by atoms with Gasteiger partial charge >= 0.3 is 6.03 Å². The summed E-state index contributed by atoms with van der Waals surface area (Å²) in [5, 5.41) is 5.39. The number of rotatable bonds is 7. The maximum Gasteiger partial charge on any atom is 0.319 e. The van der Waals surface area contributed by atoms with E-state index in [1.54, 1.807) is 19.1 Å². The van der Waals surface area contributed by atoms with E-state index in [1.807, 2.05) is 49.4 Å². The highest BCUT2D eigenvalue weighted by atomic mass is 16.5. The molecular weight excluding hydrogens is 396 g/mol. The number of nitrogens with one attached hydrogen (secondary N) is 2. The third kappa shape index (κ3) is 6.36. The number of carbonyl (C=O) groups excluding carboxylic acids is 2. The summed E-state index contributed by atoms with van der Waals surface area (Å²) in [6.07, 6.45) is 0. The molecule has 8 heteroatoms. The van der Waals surface area contributed by atoms with Crippen LogP contribution in [0.15, 0.2) is 42.5 Å². The monoisotopic (exact) mass is 426 g/mol. The Morgan fingerprint density at radius 1 is 0.968 bits per heavy atom. The molecular formula is C23H30N4O4. The lowest BCUT2D eigenvalue weighted by molar-refractivity contribution is -0.131. The van der Waals surface area contributed by atoms with Gasteiger partial charge in [-0.25, -0.2) is 4.79 Å². The molecule has 1 fully saturated rings. The Hall–Kier alpha value is -3.26. The molecule has 0 aromatic heterocycles. The molecule has 31 heavy (non-hydrogen) atoms. The number of carbonyl (C=O) groups is 2. The third-order valence-corrected chi connectivity index (χ3v) is 5.26. The van der Waals surface area contributed by atoms with Crippen LogP contribution in [0.5, 0.6) is 11.5 Å². The van der Waals surface area contributed by atoms with Gasteiger partial charge in [0.25, 0.3) is 0 Å². The third-order valence-electron chi connectivity index (χ3n) is 5.26. The SMILES string of the molecule is COc1ccc(CN2CCN(C(=O)CNC(=O)Nc3cccc(C)c3)CC2)cc1OC. The molecule has 0 aliphatic carbocycles. The fourth-order valence-corrected chi connectivity index (χ4v) is 3.56. The van der Waals surface area contributed by atoms with Gasteiger partial charge in [-0.3, -0.25) is 9.69 Å². The zero-order valence-corrected chi connectivity index (χ0v) is 18.3. The van der Waals surface area contributed by atoms with Crippen molar-refractivity contribution >= 4 is 17.6 Å². The molecule has 3 amide bonds. The lowest BCUT2D eigenvalue weighted by Crippen LogP contribution is -2.51. The number of hydrogen-bond donors (Lipinski definition) is 2. The maximum atomic E-state index is 12.5. The standard InChI is InChI=1S/C23H30N4O4/c1-17-5-4-6-19(13-17)25-23(29)24-15-22(28)27-11-9-26(10-12-27)16-18-7-8-20(30-2)21(14-18)31-3/h4-8,13-14H,9-12,15-16H2,1-3H3,(H2,24,25,29). The van der Waals surface area contributed by atoms with Crippen LogP contribution in [0, 0.1) is 6.92 Å². The molecule has 8 nitrogen and oxygen atoms in total. The number of benzene rings is 2. The summed E-state index contributed by atoms with van der Waals surface area (Å²) in [4.78, 5) is 28.6. The number of hydrogen-bond acceptors (Lipinski definition) is 5. The maximum absolute atomic E-state index is 12.5. The Morgan fingerprint density at radius 2 is 1.71 bits per heavy atom. The predicted octanol–water partition coefficient (Wildman–Crippen LogP) is 2.48. The number of anilines is 1. The van der Waals surface area contributed by atoms with Crippen molar-refractivity contribution in [2.45, 2.75) is 13.5 Å². The fraction of sp³-hybridized carbons (Fsp3) is 0.391. The summed E-state index contributed by atoms with van der Waals surface area (Å²) in [6, 6.07) is 13.0. The molecule has 1 aliphatic rings. The number of aryl methyl sites for hydroxylation is 1. The van der Waals surface area contributed by atoms with Crippen molar-refractivity contribution < 1.29 is 19.1 Å². The highest BCUT2D eigenvalue weighted by Crippen LogP contribution is 2.28. The van der Waals surface area contributed by atoms with Gasteiger partial charge in [-0.2, -0.15) is 0 Å². The summed E-state index contributed by atoms with van der Waals surface area (Å²) in [6.45, 7) is 5.52. The molecule has 166 valence electrons. The summed E-state index contributed by atoms with van der Waals surface area (Å²) in [5.74, 6) is 1.34. The molecule has 0 unspecified atom stereocenters. The molecule has 3 rings (SSSR count). The zero-order valence-electron chi connectivity index (χ0n) is 18.3. The van der Waals surface area contributed by atoms with Gasteiger partial charge in [-0.1, -0.05) is 18.2 Å². The topological polar surface area (TPSA) is 83.1 Å². The number of nitrogens with zero attached hydrogens (tertiary/aromatic N) is 2. The first kappa shape index (κ1) is 22.4. The van der Waals surface area contributed by atoms with E-state index >= 15 is 0 Å². The molecule has 2 N–H and O–H groups in total. The van der Waals surface area contributed by atoms with Gasteiger partial charge in [0.15, 0.2) is 11.5 Å². The van der Waals surface area contributed by atoms with Gasteiger partial charge < -0.3 is 25.0 Å². The van der Waals surface area contributed by atoms with E-state index in [1.165, 1.54) is 0 Å². The van der Waals surface area contributed by atoms with E-state index in [0.29, 0.717) is 30.3 Å². The summed E-state index contributed by atoms with van der Waals surface area (Å²) < 4.78 is 10.7. The Balaban J connectivity index is 1.42. The van der Waals surface area contributed by atoms with Crippen molar-refractivity contribution in [1.82, 2.24) is 15.1 Å². The van der Waals surface area contributed by atoms with E-state index < -0.39 is 0 Å². The van der Waals surface area contributed by atoms with E-state index in [2.05, 4.69) is 15.5 Å². The first-order valence-electron chi connectivity index (χ1n) is 10.3. The van der Waals surface area contributed by atoms with Crippen molar-refractivity contribution in [2.24, 2.45) is 0 Å². The number of piperazine rings is 1. The lowest BCUT2D eigenvalue weighted by atomic mass is 10.1. The van der Waals surface area contributed by atoms with Gasteiger partial charge in [-0.15, -0.1) is 0 Å². The smallest absolute Gasteiger partial charge is 0.319 e. The molecule has 0 radical (unpaired) electrons. The number of methoxy groups -OCH3 is 2. The Labute approximate surface area is 183 Å². The first-order chi connectivity index (χ1) is 15.0. The predicted molar refractivity (Wildman–Crippen MR) is 120 cm³/mol. The second kappa shape index (κ2) is 10.7. The van der Waals surface area contributed by atoms with Crippen LogP contribution in [0.3, 0.4) is 0 Å². The van der Waals surface area contributed by atoms with Crippen LogP contribution in [0.2, 0.25) is 0 Å². The molecule has 0 spiro atoms. The average molecular weight is 427 g/mol. The molecule has 1 aliphatic heterocycles. The first-order valence-corrected chi connectivity index (χ1v) is 10.3. The average Bonchev–Trinajstić information content (AvgIpc) is 2.78. The van der Waals surface area contributed by atoms with E-state index in [-0.39, 0.29) is 18.5 Å². The van der Waals surface area contributed by atoms with Crippen LogP contribution >= 0.6 is 0 Å². The normalized spacial score (nSPS) is 14.1. The molecule has 1 heterocycles. The molecule has 0 saturated carbocycles. The Kier molecular flexibility index (Phi) is 7.72. The van der Waals surface area contributed by atoms with Crippen LogP contribution in [-0.2, 0) is 11.3 Å². The van der Waals surface area contributed by atoms with Crippen molar-refractivity contribution in [3.63, 3.8) is 0 Å². The second-order valence-electron chi connectivity index (χ2n) is 7.52. The summed E-state index contributed by atoms with van der Waals surface area (Å²) in [5.41, 5.74) is 2.89. The molecule has 2 aromatic carbocycles. The molecule has 0 bridgehead atoms. The van der Waals surface area contributed by atoms with Crippen LogP contribution < -0.4 is 20.1 Å². The largest absolute Gasteiger partial charge is 0.493 e. The minimum absolute atomic E-state index is 0.0205. The second-order valence-corrected chi connectivity index (χ2v) is 7.52. The van der Waals surface area contributed by atoms with E-state index in [9.17, 15) is 9.59 Å². The Bertz CT molecular complexity index is 910. The fourth-order valence-electron chi connectivity index (χ4n) is 3.56. The molecule has 0 atom stereocenters. The van der Waals surface area contributed by atoms with Gasteiger partial charge in [0.2, 0.25) is 5.91 Å². The Morgan fingerprint density at radius 3 is 2.39 bits per heavy atom. The molecule has 2 aromatic rings. The number of urea groups is 1. The van der Waals surface area contributed by atoms with Crippen LogP contribution in [0.4, 0.5) is 10.5 Å². The minimum atomic E-state index is -0.383. The van der Waals surface area contributed by atoms with Crippen molar-refractivity contribution in [3.8, 4) is 11.5 Å². The quantitative estimate of drug-likeness (QED) is 0.711. The van der Waals surface area contributed by atoms with E-state index in [4.69, 9.17) is 9.47 Å². The highest BCUT2D eigenvalue weighted by molar-refractivity contribution is 5.92. The van der Waals surface area contributed by atoms with Gasteiger partial charge in [0.1, 0.15) is 0 Å². The van der Waals surface area contributed by atoms with Crippen molar-refractivity contribution in [2.75, 3.05) is 52.3 Å². The summed E-state index contributed by atoms with van der Waals surface area (Å²) >= 11 is 0. The van der Waals surface area contributed by atoms with E-state index in [0.717, 1.165) is 30.8 Å². The molecule has 1 saturated heterocycles. The zero-order chi connectivity index (χ0) is 22.2. The van der Waals surface area contributed by atoms with Crippen molar-refractivity contribution in [1.29, 1.82) is 0 Å². The van der Waals surface area contributed by atoms with Gasteiger partial charge in [0.05, 0.1) is 20.8 Å². The summed E-state index contributed by atoms with van der Waals surface area (Å²) in [7, 11) is 3.25. The van der Waals surface area contributed by atoms with Gasteiger partial charge in [-0.05, 0) is 42.3 Å². The van der Waals surface area contributed by atoms with Crippen molar-refractivity contribution in [3.05, 3.63) is 53.6 Å². The van der Waals surface area contributed by atoms with Gasteiger partial charge in [0, 0.05) is 38.4 Å². The number of ether oxygens (including phenoxy) is 2. The highest BCUT2D eigenvalue weighted by Gasteiger charge is 2.21.